The molecule has 5 heteroatoms. The largest absolute Gasteiger partial charge is 0.383 e. The maximum absolute atomic E-state index is 5.00. The second-order valence-corrected chi connectivity index (χ2v) is 4.64. The van der Waals surface area contributed by atoms with Gasteiger partial charge in [-0.1, -0.05) is 0 Å². The van der Waals surface area contributed by atoms with Crippen LogP contribution in [0.4, 0.5) is 5.82 Å². The number of fused-ring (bicyclic) bond motifs is 1. The van der Waals surface area contributed by atoms with E-state index in [1.54, 1.807) is 13.4 Å². The number of anilines is 1. The van der Waals surface area contributed by atoms with Crippen LogP contribution in [0.1, 0.15) is 17.7 Å². The molecular weight excluding hydrogens is 228 g/mol. The number of aromatic nitrogens is 2. The second-order valence-electron chi connectivity index (χ2n) is 4.64. The van der Waals surface area contributed by atoms with Gasteiger partial charge in [-0.3, -0.25) is 0 Å². The quantitative estimate of drug-likeness (QED) is 0.720. The third-order valence-electron chi connectivity index (χ3n) is 3.32. The van der Waals surface area contributed by atoms with Crippen molar-refractivity contribution in [1.82, 2.24) is 15.3 Å². The SMILES string of the molecule is COCCNCCN(C)c1ncnc2c1CCC2. The average molecular weight is 250 g/mol. The maximum atomic E-state index is 5.00. The van der Waals surface area contributed by atoms with Crippen LogP contribution in [-0.4, -0.2) is 50.4 Å². The number of likely N-dealkylation sites (N-methyl/N-ethyl adjacent to an activating group) is 1. The van der Waals surface area contributed by atoms with E-state index in [1.807, 2.05) is 0 Å². The minimum Gasteiger partial charge on any atom is -0.383 e. The third-order valence-corrected chi connectivity index (χ3v) is 3.32. The molecule has 1 heterocycles. The van der Waals surface area contributed by atoms with Crippen LogP contribution in [-0.2, 0) is 17.6 Å². The number of aryl methyl sites for hydroxylation is 1. The van der Waals surface area contributed by atoms with Gasteiger partial charge in [-0.2, -0.15) is 0 Å². The highest BCUT2D eigenvalue weighted by Crippen LogP contribution is 2.26. The minimum atomic E-state index is 0.757. The van der Waals surface area contributed by atoms with Gasteiger partial charge >= 0.3 is 0 Å². The van der Waals surface area contributed by atoms with Gasteiger partial charge in [0.15, 0.2) is 0 Å². The summed E-state index contributed by atoms with van der Waals surface area (Å²) in [7, 11) is 3.82. The Morgan fingerprint density at radius 1 is 1.33 bits per heavy atom. The molecule has 1 aliphatic carbocycles. The summed E-state index contributed by atoms with van der Waals surface area (Å²) in [4.78, 5) is 11.0. The molecular formula is C13H22N4O. The van der Waals surface area contributed by atoms with Crippen LogP contribution in [0.2, 0.25) is 0 Å². The van der Waals surface area contributed by atoms with E-state index >= 15 is 0 Å². The number of hydrogen-bond donors (Lipinski definition) is 1. The lowest BCUT2D eigenvalue weighted by molar-refractivity contribution is 0.200. The second kappa shape index (κ2) is 6.66. The standard InChI is InChI=1S/C13H22N4O/c1-17(8-6-14-7-9-18-2)13-11-4-3-5-12(11)15-10-16-13/h10,14H,3-9H2,1-2H3. The van der Waals surface area contributed by atoms with Crippen molar-refractivity contribution in [3.63, 3.8) is 0 Å². The molecule has 0 atom stereocenters. The van der Waals surface area contributed by atoms with Crippen molar-refractivity contribution in [3.8, 4) is 0 Å². The van der Waals surface area contributed by atoms with Crippen LogP contribution in [0, 0.1) is 0 Å². The molecule has 0 amide bonds. The predicted octanol–water partition coefficient (Wildman–Crippen LogP) is 0.638. The highest BCUT2D eigenvalue weighted by molar-refractivity contribution is 5.49. The first-order chi connectivity index (χ1) is 8.83. The Bertz CT molecular complexity index is 383. The van der Waals surface area contributed by atoms with Crippen LogP contribution < -0.4 is 10.2 Å². The molecule has 0 fully saturated rings. The molecule has 2 rings (SSSR count). The van der Waals surface area contributed by atoms with E-state index in [4.69, 9.17) is 4.74 Å². The summed E-state index contributed by atoms with van der Waals surface area (Å²) in [6, 6.07) is 0. The van der Waals surface area contributed by atoms with Crippen molar-refractivity contribution in [1.29, 1.82) is 0 Å². The third kappa shape index (κ3) is 3.17. The topological polar surface area (TPSA) is 50.3 Å². The highest BCUT2D eigenvalue weighted by atomic mass is 16.5. The molecule has 100 valence electrons. The van der Waals surface area contributed by atoms with E-state index < -0.39 is 0 Å². The van der Waals surface area contributed by atoms with Gasteiger partial charge in [-0.15, -0.1) is 0 Å². The molecule has 0 aromatic carbocycles. The van der Waals surface area contributed by atoms with E-state index in [0.29, 0.717) is 0 Å². The van der Waals surface area contributed by atoms with Crippen molar-refractivity contribution < 1.29 is 4.74 Å². The highest BCUT2D eigenvalue weighted by Gasteiger charge is 2.18. The Morgan fingerprint density at radius 3 is 3.06 bits per heavy atom. The van der Waals surface area contributed by atoms with Crippen LogP contribution in [0.3, 0.4) is 0 Å². The summed E-state index contributed by atoms with van der Waals surface area (Å²) in [6.07, 6.45) is 5.12. The summed E-state index contributed by atoms with van der Waals surface area (Å²) in [6.45, 7) is 3.55. The molecule has 0 spiro atoms. The van der Waals surface area contributed by atoms with E-state index in [2.05, 4.69) is 27.2 Å². The van der Waals surface area contributed by atoms with E-state index in [1.165, 1.54) is 17.7 Å². The fraction of sp³-hybridized carbons (Fsp3) is 0.692. The number of hydrogen-bond acceptors (Lipinski definition) is 5. The molecule has 18 heavy (non-hydrogen) atoms. The Morgan fingerprint density at radius 2 is 2.22 bits per heavy atom. The van der Waals surface area contributed by atoms with E-state index in [9.17, 15) is 0 Å². The first-order valence-electron chi connectivity index (χ1n) is 6.56. The van der Waals surface area contributed by atoms with Gasteiger partial charge in [-0.25, -0.2) is 9.97 Å². The van der Waals surface area contributed by atoms with Crippen LogP contribution in [0.5, 0.6) is 0 Å². The Balaban J connectivity index is 1.85. The molecule has 0 unspecified atom stereocenters. The Hall–Kier alpha value is -1.20. The number of rotatable bonds is 7. The lowest BCUT2D eigenvalue weighted by Crippen LogP contribution is -2.31. The number of methoxy groups -OCH3 is 1. The lowest BCUT2D eigenvalue weighted by atomic mass is 10.2. The van der Waals surface area contributed by atoms with Crippen molar-refractivity contribution in [2.75, 3.05) is 45.3 Å². The fourth-order valence-electron chi connectivity index (χ4n) is 2.32. The lowest BCUT2D eigenvalue weighted by Gasteiger charge is -2.20. The van der Waals surface area contributed by atoms with Crippen molar-refractivity contribution >= 4 is 5.82 Å². The fourth-order valence-corrected chi connectivity index (χ4v) is 2.32. The van der Waals surface area contributed by atoms with E-state index in [-0.39, 0.29) is 0 Å². The average Bonchev–Trinajstić information content (AvgIpc) is 2.86. The van der Waals surface area contributed by atoms with Crippen molar-refractivity contribution in [3.05, 3.63) is 17.6 Å². The number of nitrogens with one attached hydrogen (secondary N) is 1. The summed E-state index contributed by atoms with van der Waals surface area (Å²) in [5, 5.41) is 3.34. The maximum Gasteiger partial charge on any atom is 0.135 e. The van der Waals surface area contributed by atoms with Gasteiger partial charge in [-0.05, 0) is 19.3 Å². The van der Waals surface area contributed by atoms with Gasteiger partial charge in [0.05, 0.1) is 6.61 Å². The Labute approximate surface area is 109 Å². The summed E-state index contributed by atoms with van der Waals surface area (Å²) < 4.78 is 5.00. The zero-order valence-corrected chi connectivity index (χ0v) is 11.3. The number of nitrogens with zero attached hydrogens (tertiary/aromatic N) is 3. The van der Waals surface area contributed by atoms with Gasteiger partial charge in [0.25, 0.3) is 0 Å². The summed E-state index contributed by atoms with van der Waals surface area (Å²) in [5.74, 6) is 1.10. The first-order valence-corrected chi connectivity index (χ1v) is 6.56. The first kappa shape index (κ1) is 13.2. The zero-order chi connectivity index (χ0) is 12.8. The zero-order valence-electron chi connectivity index (χ0n) is 11.3. The van der Waals surface area contributed by atoms with Crippen LogP contribution in [0.25, 0.3) is 0 Å². The summed E-state index contributed by atoms with van der Waals surface area (Å²) in [5.41, 5.74) is 2.58. The van der Waals surface area contributed by atoms with Crippen LogP contribution >= 0.6 is 0 Å². The monoisotopic (exact) mass is 250 g/mol. The predicted molar refractivity (Wildman–Crippen MR) is 72.1 cm³/mol. The smallest absolute Gasteiger partial charge is 0.135 e. The molecule has 0 radical (unpaired) electrons. The molecule has 0 bridgehead atoms. The minimum absolute atomic E-state index is 0.757. The molecule has 1 aromatic rings. The number of ether oxygens (including phenoxy) is 1. The molecule has 0 saturated carbocycles. The molecule has 1 aromatic heterocycles. The van der Waals surface area contributed by atoms with Gasteiger partial charge in [0, 0.05) is 45.0 Å². The van der Waals surface area contributed by atoms with Gasteiger partial charge in [0.2, 0.25) is 0 Å². The van der Waals surface area contributed by atoms with Gasteiger partial charge < -0.3 is 15.0 Å². The molecule has 0 saturated heterocycles. The van der Waals surface area contributed by atoms with Gasteiger partial charge in [0.1, 0.15) is 12.1 Å². The van der Waals surface area contributed by atoms with Crippen molar-refractivity contribution in [2.24, 2.45) is 0 Å². The summed E-state index contributed by atoms with van der Waals surface area (Å²) >= 11 is 0. The Kier molecular flexibility index (Phi) is 4.90. The van der Waals surface area contributed by atoms with Crippen molar-refractivity contribution in [2.45, 2.75) is 19.3 Å². The molecule has 5 nitrogen and oxygen atoms in total. The molecule has 1 aliphatic rings. The van der Waals surface area contributed by atoms with Crippen LogP contribution in [0.15, 0.2) is 6.33 Å². The normalized spacial score (nSPS) is 13.7. The molecule has 0 aliphatic heterocycles. The molecule has 1 N–H and O–H groups in total. The van der Waals surface area contributed by atoms with E-state index in [0.717, 1.165) is 44.9 Å².